The topological polar surface area (TPSA) is 46.2 Å². The van der Waals surface area contributed by atoms with Crippen LogP contribution in [0.1, 0.15) is 30.9 Å². The molecule has 3 nitrogen and oxygen atoms in total. The molecule has 0 saturated carbocycles. The van der Waals surface area contributed by atoms with Gasteiger partial charge in [-0.1, -0.05) is 37.6 Å². The minimum Gasteiger partial charge on any atom is -0.212 e. The van der Waals surface area contributed by atoms with Crippen LogP contribution in [0.25, 0.3) is 0 Å². The highest BCUT2D eigenvalue weighted by molar-refractivity contribution is 7.89. The Bertz CT molecular complexity index is 426. The first-order valence-corrected chi connectivity index (χ1v) is 7.22. The van der Waals surface area contributed by atoms with Gasteiger partial charge in [-0.2, -0.15) is 0 Å². The summed E-state index contributed by atoms with van der Waals surface area (Å²) >= 11 is 0. The van der Waals surface area contributed by atoms with Crippen LogP contribution in [0.2, 0.25) is 0 Å². The molecular weight excluding hydrogens is 222 g/mol. The van der Waals surface area contributed by atoms with Gasteiger partial charge in [-0.25, -0.2) is 13.1 Å². The average Bonchev–Trinajstić information content (AvgIpc) is 2.26. The lowest BCUT2D eigenvalue weighted by atomic mass is 10.1. The molecule has 0 aliphatic rings. The van der Waals surface area contributed by atoms with Crippen molar-refractivity contribution < 1.29 is 8.42 Å². The van der Waals surface area contributed by atoms with Crippen molar-refractivity contribution >= 4 is 10.0 Å². The molecule has 1 N–H and O–H groups in total. The quantitative estimate of drug-likeness (QED) is 0.830. The van der Waals surface area contributed by atoms with Gasteiger partial charge in [0.05, 0.1) is 5.75 Å². The molecule has 0 aromatic heterocycles. The standard InChI is InChI=1S/C12H19NO2S/c1-3-4-9-16(14,15)13-10-12-8-6-5-7-11(12)2/h5-8,13H,3-4,9-10H2,1-2H3. The van der Waals surface area contributed by atoms with Gasteiger partial charge in [0, 0.05) is 6.54 Å². The van der Waals surface area contributed by atoms with Gasteiger partial charge in [0.25, 0.3) is 0 Å². The van der Waals surface area contributed by atoms with E-state index in [1.54, 1.807) is 0 Å². The van der Waals surface area contributed by atoms with Crippen molar-refractivity contribution in [2.24, 2.45) is 0 Å². The third-order valence-electron chi connectivity index (χ3n) is 2.51. The van der Waals surface area contributed by atoms with Gasteiger partial charge in [-0.15, -0.1) is 0 Å². The van der Waals surface area contributed by atoms with E-state index in [1.165, 1.54) is 0 Å². The monoisotopic (exact) mass is 241 g/mol. The van der Waals surface area contributed by atoms with Gasteiger partial charge in [-0.3, -0.25) is 0 Å². The van der Waals surface area contributed by atoms with Crippen molar-refractivity contribution in [3.8, 4) is 0 Å². The van der Waals surface area contributed by atoms with E-state index in [0.717, 1.165) is 17.5 Å². The first-order chi connectivity index (χ1) is 7.55. The van der Waals surface area contributed by atoms with Crippen molar-refractivity contribution in [1.82, 2.24) is 4.72 Å². The van der Waals surface area contributed by atoms with Crippen molar-refractivity contribution in [2.75, 3.05) is 5.75 Å². The van der Waals surface area contributed by atoms with E-state index in [2.05, 4.69) is 4.72 Å². The largest absolute Gasteiger partial charge is 0.212 e. The molecule has 4 heteroatoms. The fourth-order valence-corrected chi connectivity index (χ4v) is 2.59. The number of rotatable bonds is 6. The van der Waals surface area contributed by atoms with Crippen LogP contribution < -0.4 is 4.72 Å². The fraction of sp³-hybridized carbons (Fsp3) is 0.500. The number of hydrogen-bond acceptors (Lipinski definition) is 2. The summed E-state index contributed by atoms with van der Waals surface area (Å²) in [6, 6.07) is 7.79. The van der Waals surface area contributed by atoms with Crippen molar-refractivity contribution in [3.05, 3.63) is 35.4 Å². The van der Waals surface area contributed by atoms with Crippen molar-refractivity contribution in [3.63, 3.8) is 0 Å². The molecule has 0 fully saturated rings. The Hall–Kier alpha value is -0.870. The van der Waals surface area contributed by atoms with Gasteiger partial charge in [0.2, 0.25) is 10.0 Å². The van der Waals surface area contributed by atoms with Crippen LogP contribution in [0, 0.1) is 6.92 Å². The number of nitrogens with one attached hydrogen (secondary N) is 1. The summed E-state index contributed by atoms with van der Waals surface area (Å²) in [6.07, 6.45) is 1.61. The molecule has 0 unspecified atom stereocenters. The maximum atomic E-state index is 11.6. The van der Waals surface area contributed by atoms with Gasteiger partial charge in [0.1, 0.15) is 0 Å². The maximum absolute atomic E-state index is 11.6. The second kappa shape index (κ2) is 6.01. The highest BCUT2D eigenvalue weighted by Crippen LogP contribution is 2.07. The summed E-state index contributed by atoms with van der Waals surface area (Å²) < 4.78 is 25.7. The second-order valence-electron chi connectivity index (χ2n) is 3.92. The highest BCUT2D eigenvalue weighted by atomic mass is 32.2. The molecule has 0 aliphatic carbocycles. The van der Waals surface area contributed by atoms with Gasteiger partial charge >= 0.3 is 0 Å². The lowest BCUT2D eigenvalue weighted by Crippen LogP contribution is -2.26. The molecule has 1 rings (SSSR count). The van der Waals surface area contributed by atoms with Gasteiger partial charge in [-0.05, 0) is 24.5 Å². The molecule has 0 bridgehead atoms. The highest BCUT2D eigenvalue weighted by Gasteiger charge is 2.09. The van der Waals surface area contributed by atoms with E-state index in [9.17, 15) is 8.42 Å². The summed E-state index contributed by atoms with van der Waals surface area (Å²) in [4.78, 5) is 0. The number of sulfonamides is 1. The third-order valence-corrected chi connectivity index (χ3v) is 3.92. The Kier molecular flexibility index (Phi) is 4.96. The zero-order valence-electron chi connectivity index (χ0n) is 9.86. The molecule has 90 valence electrons. The Labute approximate surface area is 97.9 Å². The first kappa shape index (κ1) is 13.2. The smallest absolute Gasteiger partial charge is 0.211 e. The van der Waals surface area contributed by atoms with E-state index in [0.29, 0.717) is 13.0 Å². The molecule has 0 amide bonds. The zero-order valence-corrected chi connectivity index (χ0v) is 10.7. The minimum absolute atomic E-state index is 0.218. The molecule has 0 aliphatic heterocycles. The van der Waals surface area contributed by atoms with Crippen LogP contribution >= 0.6 is 0 Å². The van der Waals surface area contributed by atoms with Crippen molar-refractivity contribution in [2.45, 2.75) is 33.2 Å². The van der Waals surface area contributed by atoms with E-state index in [4.69, 9.17) is 0 Å². The molecule has 0 heterocycles. The minimum atomic E-state index is -3.11. The summed E-state index contributed by atoms with van der Waals surface area (Å²) in [6.45, 7) is 4.35. The van der Waals surface area contributed by atoms with Crippen LogP contribution in [-0.4, -0.2) is 14.2 Å². The van der Waals surface area contributed by atoms with E-state index in [1.807, 2.05) is 38.1 Å². The lowest BCUT2D eigenvalue weighted by Gasteiger charge is -2.08. The number of hydrogen-bond donors (Lipinski definition) is 1. The number of benzene rings is 1. The Morgan fingerprint density at radius 2 is 1.94 bits per heavy atom. The zero-order chi connectivity index (χ0) is 12.0. The number of aryl methyl sites for hydroxylation is 1. The van der Waals surface area contributed by atoms with Gasteiger partial charge < -0.3 is 0 Å². The van der Waals surface area contributed by atoms with Crippen LogP contribution in [0.3, 0.4) is 0 Å². The van der Waals surface area contributed by atoms with Crippen molar-refractivity contribution in [1.29, 1.82) is 0 Å². The SMILES string of the molecule is CCCCS(=O)(=O)NCc1ccccc1C. The summed E-state index contributed by atoms with van der Waals surface area (Å²) in [5.41, 5.74) is 2.14. The predicted molar refractivity (Wildman–Crippen MR) is 66.7 cm³/mol. The summed E-state index contributed by atoms with van der Waals surface area (Å²) in [5.74, 6) is 0.218. The lowest BCUT2D eigenvalue weighted by molar-refractivity contribution is 0.578. The van der Waals surface area contributed by atoms with Crippen LogP contribution in [0.4, 0.5) is 0 Å². The molecule has 16 heavy (non-hydrogen) atoms. The predicted octanol–water partition coefficient (Wildman–Crippen LogP) is 2.21. The second-order valence-corrected chi connectivity index (χ2v) is 5.85. The molecule has 1 aromatic carbocycles. The summed E-state index contributed by atoms with van der Waals surface area (Å²) in [7, 11) is -3.11. The molecule has 0 spiro atoms. The normalized spacial score (nSPS) is 11.6. The van der Waals surface area contributed by atoms with E-state index >= 15 is 0 Å². The summed E-state index contributed by atoms with van der Waals surface area (Å²) in [5, 5.41) is 0. The average molecular weight is 241 g/mol. The third kappa shape index (κ3) is 4.33. The molecular formula is C12H19NO2S. The van der Waals surface area contributed by atoms with Crippen LogP contribution in [0.5, 0.6) is 0 Å². The number of unbranched alkanes of at least 4 members (excludes halogenated alkanes) is 1. The molecule has 0 radical (unpaired) electrons. The van der Waals surface area contributed by atoms with E-state index < -0.39 is 10.0 Å². The molecule has 0 saturated heterocycles. The maximum Gasteiger partial charge on any atom is 0.211 e. The van der Waals surface area contributed by atoms with E-state index in [-0.39, 0.29) is 5.75 Å². The fourth-order valence-electron chi connectivity index (χ4n) is 1.40. The van der Waals surface area contributed by atoms with Crippen LogP contribution in [-0.2, 0) is 16.6 Å². The molecule has 0 atom stereocenters. The first-order valence-electron chi connectivity index (χ1n) is 5.57. The molecule has 1 aromatic rings. The Morgan fingerprint density at radius 1 is 1.25 bits per heavy atom. The Morgan fingerprint density at radius 3 is 2.56 bits per heavy atom. The Balaban J connectivity index is 2.55. The van der Waals surface area contributed by atoms with Gasteiger partial charge in [0.15, 0.2) is 0 Å². The van der Waals surface area contributed by atoms with Crippen LogP contribution in [0.15, 0.2) is 24.3 Å².